The van der Waals surface area contributed by atoms with E-state index in [2.05, 4.69) is 10.00 Å². The van der Waals surface area contributed by atoms with Crippen molar-refractivity contribution in [1.29, 1.82) is 0 Å². The van der Waals surface area contributed by atoms with Crippen LogP contribution in [0.4, 0.5) is 5.69 Å². The molecule has 1 amide bonds. The van der Waals surface area contributed by atoms with Crippen molar-refractivity contribution in [3.63, 3.8) is 0 Å². The van der Waals surface area contributed by atoms with Crippen LogP contribution in [-0.2, 0) is 6.54 Å². The molecule has 0 spiro atoms. The van der Waals surface area contributed by atoms with Crippen molar-refractivity contribution in [1.82, 2.24) is 14.7 Å². The summed E-state index contributed by atoms with van der Waals surface area (Å²) in [6.07, 6.45) is 1.85. The molecule has 0 radical (unpaired) electrons. The number of halogens is 1. The van der Waals surface area contributed by atoms with Crippen LogP contribution < -0.4 is 4.90 Å². The van der Waals surface area contributed by atoms with Crippen molar-refractivity contribution in [2.75, 3.05) is 31.1 Å². The number of carbonyl (C=O) groups is 1. The molecule has 1 saturated heterocycles. The lowest BCUT2D eigenvalue weighted by atomic mass is 10.2. The lowest BCUT2D eigenvalue weighted by Crippen LogP contribution is -2.48. The summed E-state index contributed by atoms with van der Waals surface area (Å²) in [6.45, 7) is 7.78. The van der Waals surface area contributed by atoms with Gasteiger partial charge in [0.15, 0.2) is 0 Å². The Hall–Kier alpha value is -2.01. The van der Waals surface area contributed by atoms with Crippen LogP contribution in [0.1, 0.15) is 23.0 Å². The molecular formula is C17H21ClN4O. The molecule has 0 N–H and O–H groups in total. The van der Waals surface area contributed by atoms with Gasteiger partial charge in [0.25, 0.3) is 5.91 Å². The van der Waals surface area contributed by atoms with Crippen LogP contribution in [0.5, 0.6) is 0 Å². The summed E-state index contributed by atoms with van der Waals surface area (Å²) in [5.41, 5.74) is 2.67. The van der Waals surface area contributed by atoms with Crippen LogP contribution in [-0.4, -0.2) is 46.8 Å². The van der Waals surface area contributed by atoms with Crippen molar-refractivity contribution in [3.8, 4) is 0 Å². The minimum atomic E-state index is 0.0814. The predicted octanol–water partition coefficient (Wildman–Crippen LogP) is 2.83. The van der Waals surface area contributed by atoms with E-state index in [0.717, 1.165) is 49.1 Å². The third-order valence-electron chi connectivity index (χ3n) is 4.26. The van der Waals surface area contributed by atoms with E-state index in [1.165, 1.54) is 0 Å². The maximum absolute atomic E-state index is 12.7. The molecule has 2 heterocycles. The van der Waals surface area contributed by atoms with Crippen molar-refractivity contribution < 1.29 is 4.79 Å². The zero-order chi connectivity index (χ0) is 16.4. The first kappa shape index (κ1) is 15.9. The molecule has 23 heavy (non-hydrogen) atoms. The summed E-state index contributed by atoms with van der Waals surface area (Å²) in [5, 5.41) is 5.10. The summed E-state index contributed by atoms with van der Waals surface area (Å²) in [7, 11) is 0. The zero-order valence-corrected chi connectivity index (χ0v) is 14.3. The molecule has 0 saturated carbocycles. The van der Waals surface area contributed by atoms with E-state index >= 15 is 0 Å². The highest BCUT2D eigenvalue weighted by molar-refractivity contribution is 6.30. The van der Waals surface area contributed by atoms with Gasteiger partial charge in [-0.05, 0) is 38.1 Å². The summed E-state index contributed by atoms with van der Waals surface area (Å²) in [6, 6.07) is 7.85. The van der Waals surface area contributed by atoms with Crippen LogP contribution in [0, 0.1) is 6.92 Å². The third-order valence-corrected chi connectivity index (χ3v) is 4.51. The predicted molar refractivity (Wildman–Crippen MR) is 92.2 cm³/mol. The number of hydrogen-bond donors (Lipinski definition) is 0. The van der Waals surface area contributed by atoms with Gasteiger partial charge in [-0.3, -0.25) is 9.48 Å². The number of aromatic nitrogens is 2. The molecule has 122 valence electrons. The van der Waals surface area contributed by atoms with Gasteiger partial charge in [0, 0.05) is 49.6 Å². The van der Waals surface area contributed by atoms with Gasteiger partial charge in [-0.1, -0.05) is 11.6 Å². The van der Waals surface area contributed by atoms with Crippen LogP contribution in [0.2, 0.25) is 5.02 Å². The summed E-state index contributed by atoms with van der Waals surface area (Å²) in [4.78, 5) is 16.9. The highest BCUT2D eigenvalue weighted by Gasteiger charge is 2.24. The van der Waals surface area contributed by atoms with Crippen LogP contribution in [0.3, 0.4) is 0 Å². The minimum Gasteiger partial charge on any atom is -0.368 e. The molecule has 0 unspecified atom stereocenters. The van der Waals surface area contributed by atoms with E-state index in [4.69, 9.17) is 11.6 Å². The first-order valence-corrected chi connectivity index (χ1v) is 8.30. The average molecular weight is 333 g/mol. The quantitative estimate of drug-likeness (QED) is 0.868. The monoisotopic (exact) mass is 332 g/mol. The molecular weight excluding hydrogens is 312 g/mol. The Kier molecular flexibility index (Phi) is 4.57. The molecule has 1 fully saturated rings. The van der Waals surface area contributed by atoms with Gasteiger partial charge in [0.1, 0.15) is 0 Å². The standard InChI is InChI=1S/C17H21ClN4O/c1-3-22-12-16(13(2)19-22)17(23)21-10-8-20(9-11-21)15-6-4-14(18)5-7-15/h4-7,12H,3,8-11H2,1-2H3. The Morgan fingerprint density at radius 1 is 1.17 bits per heavy atom. The molecule has 0 aliphatic carbocycles. The first-order chi connectivity index (χ1) is 11.1. The highest BCUT2D eigenvalue weighted by Crippen LogP contribution is 2.20. The number of rotatable bonds is 3. The van der Waals surface area contributed by atoms with Gasteiger partial charge in [-0.25, -0.2) is 0 Å². The minimum absolute atomic E-state index is 0.0814. The van der Waals surface area contributed by atoms with E-state index in [1.54, 1.807) is 0 Å². The van der Waals surface area contributed by atoms with Gasteiger partial charge in [-0.2, -0.15) is 5.10 Å². The maximum atomic E-state index is 12.7. The van der Waals surface area contributed by atoms with Crippen molar-refractivity contribution in [2.45, 2.75) is 20.4 Å². The van der Waals surface area contributed by atoms with Crippen LogP contribution >= 0.6 is 11.6 Å². The van der Waals surface area contributed by atoms with E-state index < -0.39 is 0 Å². The van der Waals surface area contributed by atoms with E-state index in [0.29, 0.717) is 5.56 Å². The normalized spacial score (nSPS) is 15.1. The van der Waals surface area contributed by atoms with Crippen LogP contribution in [0.25, 0.3) is 0 Å². The number of piperazine rings is 1. The Morgan fingerprint density at radius 2 is 1.83 bits per heavy atom. The third kappa shape index (κ3) is 3.34. The fourth-order valence-electron chi connectivity index (χ4n) is 2.88. The number of anilines is 1. The van der Waals surface area contributed by atoms with E-state index in [9.17, 15) is 4.79 Å². The van der Waals surface area contributed by atoms with Crippen LogP contribution in [0.15, 0.2) is 30.5 Å². The fourth-order valence-corrected chi connectivity index (χ4v) is 3.01. The molecule has 0 atom stereocenters. The highest BCUT2D eigenvalue weighted by atomic mass is 35.5. The molecule has 6 heteroatoms. The Labute approximate surface area is 141 Å². The maximum Gasteiger partial charge on any atom is 0.257 e. The van der Waals surface area contributed by atoms with Gasteiger partial charge in [-0.15, -0.1) is 0 Å². The Bertz CT molecular complexity index is 687. The number of hydrogen-bond acceptors (Lipinski definition) is 3. The topological polar surface area (TPSA) is 41.4 Å². The van der Waals surface area contributed by atoms with Gasteiger partial charge < -0.3 is 9.80 Å². The molecule has 1 aliphatic rings. The number of benzene rings is 1. The number of amides is 1. The number of carbonyl (C=O) groups excluding carboxylic acids is 1. The Balaban J connectivity index is 1.65. The molecule has 2 aromatic rings. The summed E-state index contributed by atoms with van der Waals surface area (Å²) in [5.74, 6) is 0.0814. The second-order valence-electron chi connectivity index (χ2n) is 5.74. The van der Waals surface area contributed by atoms with Crippen molar-refractivity contribution in [3.05, 3.63) is 46.7 Å². The first-order valence-electron chi connectivity index (χ1n) is 7.92. The van der Waals surface area contributed by atoms with E-state index in [-0.39, 0.29) is 5.91 Å². The second kappa shape index (κ2) is 6.62. The molecule has 1 aromatic heterocycles. The molecule has 3 rings (SSSR count). The zero-order valence-electron chi connectivity index (χ0n) is 13.5. The largest absolute Gasteiger partial charge is 0.368 e. The summed E-state index contributed by atoms with van der Waals surface area (Å²) >= 11 is 5.93. The average Bonchev–Trinajstić information content (AvgIpc) is 2.96. The lowest BCUT2D eigenvalue weighted by molar-refractivity contribution is 0.0746. The number of aryl methyl sites for hydroxylation is 2. The van der Waals surface area contributed by atoms with Crippen molar-refractivity contribution >= 4 is 23.2 Å². The summed E-state index contributed by atoms with van der Waals surface area (Å²) < 4.78 is 1.81. The molecule has 0 bridgehead atoms. The Morgan fingerprint density at radius 3 is 2.39 bits per heavy atom. The van der Waals surface area contributed by atoms with E-state index in [1.807, 2.05) is 53.9 Å². The number of nitrogens with zero attached hydrogens (tertiary/aromatic N) is 4. The smallest absolute Gasteiger partial charge is 0.257 e. The SMILES string of the molecule is CCn1cc(C(=O)N2CCN(c3ccc(Cl)cc3)CC2)c(C)n1. The van der Waals surface area contributed by atoms with Gasteiger partial charge in [0.05, 0.1) is 11.3 Å². The molecule has 5 nitrogen and oxygen atoms in total. The van der Waals surface area contributed by atoms with Gasteiger partial charge >= 0.3 is 0 Å². The second-order valence-corrected chi connectivity index (χ2v) is 6.18. The fraction of sp³-hybridized carbons (Fsp3) is 0.412. The molecule has 1 aliphatic heterocycles. The lowest BCUT2D eigenvalue weighted by Gasteiger charge is -2.36. The molecule has 1 aromatic carbocycles. The van der Waals surface area contributed by atoms with Crippen molar-refractivity contribution in [2.24, 2.45) is 0 Å². The van der Waals surface area contributed by atoms with Gasteiger partial charge in [0.2, 0.25) is 0 Å².